The molecule has 1 aliphatic heterocycles. The Balaban J connectivity index is 1.49. The summed E-state index contributed by atoms with van der Waals surface area (Å²) in [6.07, 6.45) is 1.36. The van der Waals surface area contributed by atoms with E-state index < -0.39 is 5.82 Å². The van der Waals surface area contributed by atoms with Crippen molar-refractivity contribution in [1.29, 1.82) is 0 Å². The fourth-order valence-electron chi connectivity index (χ4n) is 3.26. The lowest BCUT2D eigenvalue weighted by Crippen LogP contribution is -2.23. The minimum atomic E-state index is -0.470. The Hall–Kier alpha value is -2.37. The largest absolute Gasteiger partial charge is 0.421 e. The van der Waals surface area contributed by atoms with Crippen LogP contribution in [0.5, 0.6) is 5.75 Å². The van der Waals surface area contributed by atoms with Gasteiger partial charge in [-0.3, -0.25) is 4.79 Å². The van der Waals surface area contributed by atoms with E-state index >= 15 is 0 Å². The molecule has 3 nitrogen and oxygen atoms in total. The summed E-state index contributed by atoms with van der Waals surface area (Å²) in [7, 11) is 0. The van der Waals surface area contributed by atoms with Gasteiger partial charge < -0.3 is 8.92 Å². The van der Waals surface area contributed by atoms with E-state index in [0.717, 1.165) is 27.7 Å². The van der Waals surface area contributed by atoms with Crippen molar-refractivity contribution in [2.24, 2.45) is 5.92 Å². The monoisotopic (exact) mass is 382 g/mol. The fraction of sp³-hybridized carbons (Fsp3) is 0.227. The first kappa shape index (κ1) is 18.0. The summed E-state index contributed by atoms with van der Waals surface area (Å²) in [6, 6.07) is 18.3. The Morgan fingerprint density at radius 2 is 1.78 bits per heavy atom. The molecule has 0 aromatic heterocycles. The maximum absolute atomic E-state index is 14.0. The van der Waals surface area contributed by atoms with Crippen LogP contribution in [0.25, 0.3) is 10.8 Å². The SMILES string of the molecule is O=C(c1cc(F)cc(OSc2ccc3ccccc3c2)c1)C1CCOCC1. The van der Waals surface area contributed by atoms with E-state index in [1.165, 1.54) is 12.1 Å². The van der Waals surface area contributed by atoms with Crippen molar-refractivity contribution < 1.29 is 18.1 Å². The third kappa shape index (κ3) is 4.31. The molecule has 0 N–H and O–H groups in total. The Labute approximate surface area is 161 Å². The lowest BCUT2D eigenvalue weighted by molar-refractivity contribution is 0.0544. The predicted molar refractivity (Wildman–Crippen MR) is 105 cm³/mol. The average Bonchev–Trinajstić information content (AvgIpc) is 2.72. The van der Waals surface area contributed by atoms with Gasteiger partial charge in [-0.25, -0.2) is 4.39 Å². The number of ether oxygens (including phenoxy) is 1. The first-order valence-corrected chi connectivity index (χ1v) is 9.69. The quantitative estimate of drug-likeness (QED) is 0.420. The van der Waals surface area contributed by atoms with Gasteiger partial charge in [0.05, 0.1) is 12.0 Å². The number of hydrogen-bond donors (Lipinski definition) is 0. The van der Waals surface area contributed by atoms with Crippen molar-refractivity contribution in [1.82, 2.24) is 0 Å². The third-order valence-electron chi connectivity index (χ3n) is 4.70. The van der Waals surface area contributed by atoms with Gasteiger partial charge in [0.2, 0.25) is 0 Å². The number of carbonyl (C=O) groups excluding carboxylic acids is 1. The minimum Gasteiger partial charge on any atom is -0.421 e. The lowest BCUT2D eigenvalue weighted by atomic mass is 9.91. The van der Waals surface area contributed by atoms with Gasteiger partial charge >= 0.3 is 0 Å². The topological polar surface area (TPSA) is 35.5 Å². The Morgan fingerprint density at radius 3 is 2.59 bits per heavy atom. The van der Waals surface area contributed by atoms with E-state index in [9.17, 15) is 9.18 Å². The van der Waals surface area contributed by atoms with Crippen LogP contribution in [0, 0.1) is 11.7 Å². The molecule has 0 radical (unpaired) electrons. The third-order valence-corrected chi connectivity index (χ3v) is 5.43. The summed E-state index contributed by atoms with van der Waals surface area (Å²) in [5.41, 5.74) is 0.357. The van der Waals surface area contributed by atoms with E-state index in [-0.39, 0.29) is 11.7 Å². The molecule has 4 rings (SSSR count). The molecule has 0 atom stereocenters. The summed E-state index contributed by atoms with van der Waals surface area (Å²) in [5.74, 6) is -0.287. The summed E-state index contributed by atoms with van der Waals surface area (Å²) >= 11 is 1.16. The predicted octanol–water partition coefficient (Wildman–Crippen LogP) is 5.67. The molecule has 1 fully saturated rings. The van der Waals surface area contributed by atoms with Crippen molar-refractivity contribution in [3.8, 4) is 5.75 Å². The standard InChI is InChI=1S/C22H19FO3S/c23-19-11-18(22(24)16-7-9-25-10-8-16)12-20(14-19)26-27-21-6-5-15-3-1-2-4-17(15)13-21/h1-6,11-14,16H,7-10H2. The zero-order valence-corrected chi connectivity index (χ0v) is 15.5. The molecule has 0 spiro atoms. The van der Waals surface area contributed by atoms with E-state index in [1.54, 1.807) is 6.07 Å². The van der Waals surface area contributed by atoms with Crippen molar-refractivity contribution >= 4 is 28.6 Å². The van der Waals surface area contributed by atoms with E-state index in [1.807, 2.05) is 42.5 Å². The van der Waals surface area contributed by atoms with Crippen LogP contribution in [0.1, 0.15) is 23.2 Å². The van der Waals surface area contributed by atoms with Gasteiger partial charge in [0, 0.05) is 35.7 Å². The summed E-state index contributed by atoms with van der Waals surface area (Å²) in [5, 5.41) is 2.26. The van der Waals surface area contributed by atoms with Crippen LogP contribution in [0.2, 0.25) is 0 Å². The molecule has 0 bridgehead atoms. The van der Waals surface area contributed by atoms with Crippen molar-refractivity contribution in [2.75, 3.05) is 13.2 Å². The number of ketones is 1. The molecule has 1 saturated heterocycles. The number of carbonyl (C=O) groups is 1. The zero-order chi connectivity index (χ0) is 18.6. The average molecular weight is 382 g/mol. The highest BCUT2D eigenvalue weighted by molar-refractivity contribution is 7.95. The van der Waals surface area contributed by atoms with E-state index in [2.05, 4.69) is 0 Å². The molecule has 1 aliphatic rings. The van der Waals surface area contributed by atoms with Crippen molar-refractivity contribution in [3.63, 3.8) is 0 Å². The molecule has 3 aromatic rings. The lowest BCUT2D eigenvalue weighted by Gasteiger charge is -2.21. The second-order valence-electron chi connectivity index (χ2n) is 6.60. The molecule has 0 unspecified atom stereocenters. The molecule has 1 heterocycles. The first-order chi connectivity index (χ1) is 13.2. The summed E-state index contributed by atoms with van der Waals surface area (Å²) in [4.78, 5) is 13.6. The number of fused-ring (bicyclic) bond motifs is 1. The first-order valence-electron chi connectivity index (χ1n) is 8.95. The molecule has 3 aromatic carbocycles. The highest BCUT2D eigenvalue weighted by atomic mass is 32.2. The van der Waals surface area contributed by atoms with Gasteiger partial charge in [-0.2, -0.15) is 0 Å². The number of halogens is 1. The van der Waals surface area contributed by atoms with Gasteiger partial charge in [-0.1, -0.05) is 30.3 Å². The summed E-state index contributed by atoms with van der Waals surface area (Å²) in [6.45, 7) is 1.15. The van der Waals surface area contributed by atoms with E-state index in [4.69, 9.17) is 8.92 Å². The van der Waals surface area contributed by atoms with Gasteiger partial charge in [-0.15, -0.1) is 0 Å². The van der Waals surface area contributed by atoms with Crippen molar-refractivity contribution in [3.05, 3.63) is 72.0 Å². The smallest absolute Gasteiger partial charge is 0.166 e. The second kappa shape index (κ2) is 8.11. The molecular formula is C22H19FO3S. The zero-order valence-electron chi connectivity index (χ0n) is 14.7. The van der Waals surface area contributed by atoms with E-state index in [0.29, 0.717) is 37.4 Å². The van der Waals surface area contributed by atoms with Gasteiger partial charge in [0.1, 0.15) is 11.6 Å². The highest BCUT2D eigenvalue weighted by Gasteiger charge is 2.23. The molecule has 0 saturated carbocycles. The number of hydrogen-bond acceptors (Lipinski definition) is 4. The van der Waals surface area contributed by atoms with Crippen molar-refractivity contribution in [2.45, 2.75) is 17.7 Å². The molecule has 0 aliphatic carbocycles. The molecular weight excluding hydrogens is 363 g/mol. The maximum atomic E-state index is 14.0. The Morgan fingerprint density at radius 1 is 1.00 bits per heavy atom. The molecule has 27 heavy (non-hydrogen) atoms. The van der Waals surface area contributed by atoms with Gasteiger partial charge in [-0.05, 0) is 47.9 Å². The van der Waals surface area contributed by atoms with Crippen LogP contribution in [0.3, 0.4) is 0 Å². The second-order valence-corrected chi connectivity index (χ2v) is 7.41. The van der Waals surface area contributed by atoms with Crippen LogP contribution in [0.15, 0.2) is 65.6 Å². The Bertz CT molecular complexity index is 967. The van der Waals surface area contributed by atoms with Crippen LogP contribution in [-0.2, 0) is 4.74 Å². The highest BCUT2D eigenvalue weighted by Crippen LogP contribution is 2.29. The summed E-state index contributed by atoms with van der Waals surface area (Å²) < 4.78 is 25.0. The van der Waals surface area contributed by atoms with Crippen LogP contribution < -0.4 is 4.18 Å². The number of Topliss-reactive ketones (excluding diaryl/α,β-unsaturated/α-hetero) is 1. The molecule has 0 amide bonds. The molecule has 138 valence electrons. The van der Waals surface area contributed by atoms with Crippen LogP contribution in [-0.4, -0.2) is 19.0 Å². The van der Waals surface area contributed by atoms with Gasteiger partial charge in [0.15, 0.2) is 5.78 Å². The molecule has 5 heteroatoms. The normalized spacial score (nSPS) is 15.0. The van der Waals surface area contributed by atoms with Crippen LogP contribution >= 0.6 is 12.0 Å². The van der Waals surface area contributed by atoms with Crippen LogP contribution in [0.4, 0.5) is 4.39 Å². The van der Waals surface area contributed by atoms with Gasteiger partial charge in [0.25, 0.3) is 0 Å². The fourth-order valence-corrected chi connectivity index (χ4v) is 3.85. The Kier molecular flexibility index (Phi) is 5.41. The number of rotatable bonds is 5. The number of benzene rings is 3. The minimum absolute atomic E-state index is 0.0432. The maximum Gasteiger partial charge on any atom is 0.166 e.